The van der Waals surface area contributed by atoms with E-state index in [-0.39, 0.29) is 5.91 Å². The van der Waals surface area contributed by atoms with Gasteiger partial charge in [-0.15, -0.1) is 0 Å². The van der Waals surface area contributed by atoms with Gasteiger partial charge in [-0.25, -0.2) is 0 Å². The van der Waals surface area contributed by atoms with Crippen LogP contribution >= 0.6 is 0 Å². The minimum Gasteiger partial charge on any atom is -0.497 e. The number of H-pyrrole nitrogens is 1. The molecule has 0 aliphatic carbocycles. The van der Waals surface area contributed by atoms with E-state index >= 15 is 0 Å². The molecule has 24 heavy (non-hydrogen) atoms. The van der Waals surface area contributed by atoms with Gasteiger partial charge in [-0.05, 0) is 24.1 Å². The van der Waals surface area contributed by atoms with Crippen LogP contribution in [0.4, 0.5) is 5.69 Å². The second kappa shape index (κ2) is 7.08. The van der Waals surface area contributed by atoms with Crippen LogP contribution in [-0.4, -0.2) is 25.1 Å². The number of ether oxygens (including phenoxy) is 2. The molecule has 1 aromatic heterocycles. The number of aromatic nitrogens is 1. The van der Waals surface area contributed by atoms with Crippen LogP contribution in [0.25, 0.3) is 10.9 Å². The molecule has 0 spiro atoms. The summed E-state index contributed by atoms with van der Waals surface area (Å²) in [7, 11) is 3.16. The average Bonchev–Trinajstić information content (AvgIpc) is 3.08. The largest absolute Gasteiger partial charge is 0.497 e. The normalized spacial score (nSPS) is 10.6. The highest BCUT2D eigenvalue weighted by Gasteiger charge is 2.08. The van der Waals surface area contributed by atoms with Gasteiger partial charge in [0, 0.05) is 47.4 Å². The summed E-state index contributed by atoms with van der Waals surface area (Å²) in [6.45, 7) is 0. The summed E-state index contributed by atoms with van der Waals surface area (Å²) in [6.07, 6.45) is 3.00. The van der Waals surface area contributed by atoms with E-state index in [1.807, 2.05) is 24.4 Å². The highest BCUT2D eigenvalue weighted by molar-refractivity contribution is 5.92. The summed E-state index contributed by atoms with van der Waals surface area (Å²) >= 11 is 0. The Morgan fingerprint density at radius 1 is 1.08 bits per heavy atom. The number of carbonyl (C=O) groups excluding carboxylic acids is 1. The Bertz CT molecular complexity index is 832. The SMILES string of the molecule is COc1cc(NC(=O)CCc2cccc3[nH]ccc23)cc(OC)c1. The third-order valence-electron chi connectivity index (χ3n) is 3.94. The molecule has 3 rings (SSSR count). The monoisotopic (exact) mass is 324 g/mol. The van der Waals surface area contributed by atoms with Crippen LogP contribution in [0.15, 0.2) is 48.7 Å². The topological polar surface area (TPSA) is 63.3 Å². The Morgan fingerprint density at radius 3 is 2.54 bits per heavy atom. The number of benzene rings is 2. The van der Waals surface area contributed by atoms with Crippen molar-refractivity contribution in [2.45, 2.75) is 12.8 Å². The minimum atomic E-state index is -0.0437. The van der Waals surface area contributed by atoms with Crippen LogP contribution in [0.5, 0.6) is 11.5 Å². The molecule has 0 radical (unpaired) electrons. The fraction of sp³-hybridized carbons (Fsp3) is 0.211. The number of hydrogen-bond acceptors (Lipinski definition) is 3. The Kier molecular flexibility index (Phi) is 4.70. The summed E-state index contributed by atoms with van der Waals surface area (Å²) in [6, 6.07) is 13.4. The van der Waals surface area contributed by atoms with Crippen LogP contribution in [0.3, 0.4) is 0 Å². The van der Waals surface area contributed by atoms with E-state index in [0.717, 1.165) is 16.5 Å². The second-order valence-corrected chi connectivity index (χ2v) is 5.51. The minimum absolute atomic E-state index is 0.0437. The van der Waals surface area contributed by atoms with Crippen molar-refractivity contribution in [2.24, 2.45) is 0 Å². The van der Waals surface area contributed by atoms with Crippen LogP contribution in [0.2, 0.25) is 0 Å². The first-order valence-electron chi connectivity index (χ1n) is 7.77. The lowest BCUT2D eigenvalue weighted by atomic mass is 10.1. The molecule has 124 valence electrons. The van der Waals surface area contributed by atoms with Crippen molar-refractivity contribution >= 4 is 22.5 Å². The average molecular weight is 324 g/mol. The predicted octanol–water partition coefficient (Wildman–Crippen LogP) is 3.76. The Balaban J connectivity index is 1.67. The first-order chi connectivity index (χ1) is 11.7. The lowest BCUT2D eigenvalue weighted by Crippen LogP contribution is -2.12. The predicted molar refractivity (Wildman–Crippen MR) is 94.8 cm³/mol. The zero-order valence-electron chi connectivity index (χ0n) is 13.8. The maximum absolute atomic E-state index is 12.3. The van der Waals surface area contributed by atoms with Gasteiger partial charge in [0.25, 0.3) is 0 Å². The number of rotatable bonds is 6. The number of aryl methyl sites for hydroxylation is 1. The van der Waals surface area contributed by atoms with Gasteiger partial charge in [-0.1, -0.05) is 12.1 Å². The van der Waals surface area contributed by atoms with E-state index in [4.69, 9.17) is 9.47 Å². The molecule has 2 N–H and O–H groups in total. The molecule has 1 amide bonds. The van der Waals surface area contributed by atoms with Gasteiger partial charge in [0.15, 0.2) is 0 Å². The lowest BCUT2D eigenvalue weighted by Gasteiger charge is -2.10. The van der Waals surface area contributed by atoms with Gasteiger partial charge < -0.3 is 19.8 Å². The zero-order chi connectivity index (χ0) is 16.9. The molecular weight excluding hydrogens is 304 g/mol. The highest BCUT2D eigenvalue weighted by Crippen LogP contribution is 2.26. The van der Waals surface area contributed by atoms with Gasteiger partial charge in [-0.2, -0.15) is 0 Å². The molecule has 0 fully saturated rings. The zero-order valence-corrected chi connectivity index (χ0v) is 13.8. The van der Waals surface area contributed by atoms with Gasteiger partial charge >= 0.3 is 0 Å². The summed E-state index contributed by atoms with van der Waals surface area (Å²) < 4.78 is 10.4. The van der Waals surface area contributed by atoms with Crippen LogP contribution in [0, 0.1) is 0 Å². The standard InChI is InChI=1S/C19H20N2O3/c1-23-15-10-14(11-16(12-15)24-2)21-19(22)7-6-13-4-3-5-18-17(13)8-9-20-18/h3-5,8-12,20H,6-7H2,1-2H3,(H,21,22). The molecule has 0 bridgehead atoms. The molecule has 1 heterocycles. The highest BCUT2D eigenvalue weighted by atomic mass is 16.5. The number of carbonyl (C=O) groups is 1. The summed E-state index contributed by atoms with van der Waals surface area (Å²) in [5.74, 6) is 1.24. The van der Waals surface area contributed by atoms with Crippen molar-refractivity contribution in [3.05, 3.63) is 54.2 Å². The first kappa shape index (κ1) is 15.9. The summed E-state index contributed by atoms with van der Waals surface area (Å²) in [4.78, 5) is 15.4. The Morgan fingerprint density at radius 2 is 1.83 bits per heavy atom. The molecule has 0 aliphatic heterocycles. The Labute approximate surface area is 140 Å². The third kappa shape index (κ3) is 3.51. The van der Waals surface area contributed by atoms with E-state index in [9.17, 15) is 4.79 Å². The van der Waals surface area contributed by atoms with E-state index in [1.165, 1.54) is 0 Å². The number of aromatic amines is 1. The molecule has 5 heteroatoms. The Hall–Kier alpha value is -2.95. The second-order valence-electron chi connectivity index (χ2n) is 5.51. The van der Waals surface area contributed by atoms with Crippen molar-refractivity contribution in [3.63, 3.8) is 0 Å². The van der Waals surface area contributed by atoms with Gasteiger partial charge in [0.2, 0.25) is 5.91 Å². The van der Waals surface area contributed by atoms with E-state index in [2.05, 4.69) is 16.4 Å². The number of anilines is 1. The number of fused-ring (bicyclic) bond motifs is 1. The van der Waals surface area contributed by atoms with Crippen molar-refractivity contribution < 1.29 is 14.3 Å². The summed E-state index contributed by atoms with van der Waals surface area (Å²) in [5, 5.41) is 4.06. The molecular formula is C19H20N2O3. The van der Waals surface area contributed by atoms with Crippen molar-refractivity contribution in [1.29, 1.82) is 0 Å². The van der Waals surface area contributed by atoms with E-state index in [1.54, 1.807) is 32.4 Å². The van der Waals surface area contributed by atoms with Crippen molar-refractivity contribution in [3.8, 4) is 11.5 Å². The molecule has 5 nitrogen and oxygen atoms in total. The molecule has 0 unspecified atom stereocenters. The van der Waals surface area contributed by atoms with E-state index < -0.39 is 0 Å². The maximum Gasteiger partial charge on any atom is 0.224 e. The molecule has 0 saturated heterocycles. The van der Waals surface area contributed by atoms with Gasteiger partial charge in [-0.3, -0.25) is 4.79 Å². The van der Waals surface area contributed by atoms with Gasteiger partial charge in [0.05, 0.1) is 14.2 Å². The molecule has 2 aromatic carbocycles. The summed E-state index contributed by atoms with van der Waals surface area (Å²) in [5.41, 5.74) is 2.91. The van der Waals surface area contributed by atoms with Crippen molar-refractivity contribution in [2.75, 3.05) is 19.5 Å². The first-order valence-corrected chi connectivity index (χ1v) is 7.77. The number of nitrogens with one attached hydrogen (secondary N) is 2. The molecule has 0 aliphatic rings. The fourth-order valence-electron chi connectivity index (χ4n) is 2.72. The number of amides is 1. The quantitative estimate of drug-likeness (QED) is 0.726. The lowest BCUT2D eigenvalue weighted by molar-refractivity contribution is -0.116. The van der Waals surface area contributed by atoms with Crippen LogP contribution in [0.1, 0.15) is 12.0 Å². The van der Waals surface area contributed by atoms with Crippen LogP contribution < -0.4 is 14.8 Å². The van der Waals surface area contributed by atoms with Crippen molar-refractivity contribution in [1.82, 2.24) is 4.98 Å². The molecule has 0 saturated carbocycles. The molecule has 0 atom stereocenters. The third-order valence-corrected chi connectivity index (χ3v) is 3.94. The van der Waals surface area contributed by atoms with E-state index in [0.29, 0.717) is 30.0 Å². The van der Waals surface area contributed by atoms with Gasteiger partial charge in [0.1, 0.15) is 11.5 Å². The maximum atomic E-state index is 12.3. The number of hydrogen-bond donors (Lipinski definition) is 2. The van der Waals surface area contributed by atoms with Crippen LogP contribution in [-0.2, 0) is 11.2 Å². The molecule has 3 aromatic rings. The smallest absolute Gasteiger partial charge is 0.224 e. The fourth-order valence-corrected chi connectivity index (χ4v) is 2.72. The number of methoxy groups -OCH3 is 2.